The maximum Gasteiger partial charge on any atom is 0.220 e. The Morgan fingerprint density at radius 2 is 0.833 bits per heavy atom. The number of hydrogen-bond acceptors (Lipinski definition) is 13. The SMILES string of the molecule is CC/C=C\C/C=C\C/C=C\C/C=C\C/C=C\C/C=C\C/C=C\C/C=C\C/C=C\C/C=C\C/C=C\CCCCCCCC(=O)NC(COC1OC(CO)C(OC2OC(CO)C(O)C(O)C2O)C(O)C1O)C(O)/C=C/CC/C=C/CCCCCCC. The summed E-state index contributed by atoms with van der Waals surface area (Å²) < 4.78 is 22.7. The van der Waals surface area contributed by atoms with Gasteiger partial charge in [-0.05, 0) is 116 Å². The van der Waals surface area contributed by atoms with E-state index in [1.807, 2.05) is 6.08 Å². The van der Waals surface area contributed by atoms with Gasteiger partial charge in [0.2, 0.25) is 5.91 Å². The van der Waals surface area contributed by atoms with Crippen LogP contribution in [0.1, 0.15) is 181 Å². The Morgan fingerprint density at radius 3 is 1.31 bits per heavy atom. The van der Waals surface area contributed by atoms with Gasteiger partial charge in [-0.2, -0.15) is 0 Å². The van der Waals surface area contributed by atoms with Gasteiger partial charge in [0.1, 0.15) is 48.8 Å². The molecule has 12 atom stereocenters. The van der Waals surface area contributed by atoms with Crippen molar-refractivity contribution in [2.24, 2.45) is 0 Å². The zero-order valence-corrected chi connectivity index (χ0v) is 51.1. The van der Waals surface area contributed by atoms with Crippen LogP contribution in [0.25, 0.3) is 0 Å². The van der Waals surface area contributed by atoms with Crippen molar-refractivity contribution in [3.8, 4) is 0 Å². The van der Waals surface area contributed by atoms with E-state index in [1.54, 1.807) is 6.08 Å². The van der Waals surface area contributed by atoms with Gasteiger partial charge < -0.3 is 65.1 Å². The van der Waals surface area contributed by atoms with Crippen LogP contribution in [0, 0.1) is 0 Å². The lowest BCUT2D eigenvalue weighted by Crippen LogP contribution is -2.65. The van der Waals surface area contributed by atoms with Gasteiger partial charge in [-0.15, -0.1) is 0 Å². The summed E-state index contributed by atoms with van der Waals surface area (Å²) in [6.45, 7) is 2.58. The third-order valence-corrected chi connectivity index (χ3v) is 14.2. The molecule has 0 saturated carbocycles. The number of carbonyl (C=O) groups excluding carboxylic acids is 1. The molecule has 9 N–H and O–H groups in total. The van der Waals surface area contributed by atoms with Gasteiger partial charge in [0, 0.05) is 6.42 Å². The van der Waals surface area contributed by atoms with Crippen LogP contribution in [0.5, 0.6) is 0 Å². The summed E-state index contributed by atoms with van der Waals surface area (Å²) in [7, 11) is 0. The minimum Gasteiger partial charge on any atom is -0.394 e. The highest BCUT2D eigenvalue weighted by atomic mass is 16.7. The molecule has 12 unspecified atom stereocenters. The Labute approximate surface area is 505 Å². The molecule has 0 aromatic rings. The van der Waals surface area contributed by atoms with Gasteiger partial charge in [-0.25, -0.2) is 0 Å². The highest BCUT2D eigenvalue weighted by molar-refractivity contribution is 5.76. The minimum absolute atomic E-state index is 0.240. The molecule has 0 aromatic heterocycles. The van der Waals surface area contributed by atoms with Crippen LogP contribution in [0.2, 0.25) is 0 Å². The number of carbonyl (C=O) groups is 1. The van der Waals surface area contributed by atoms with E-state index in [2.05, 4.69) is 165 Å². The number of ether oxygens (including phenoxy) is 4. The Morgan fingerprint density at radius 1 is 0.440 bits per heavy atom. The molecule has 0 aromatic carbocycles. The lowest BCUT2D eigenvalue weighted by molar-refractivity contribution is -0.359. The molecule has 0 spiro atoms. The highest BCUT2D eigenvalue weighted by Crippen LogP contribution is 2.30. The van der Waals surface area contributed by atoms with E-state index in [-0.39, 0.29) is 18.9 Å². The highest BCUT2D eigenvalue weighted by Gasteiger charge is 2.51. The van der Waals surface area contributed by atoms with E-state index >= 15 is 0 Å². The van der Waals surface area contributed by atoms with Crippen molar-refractivity contribution in [2.75, 3.05) is 19.8 Å². The molecule has 2 fully saturated rings. The number of aliphatic hydroxyl groups excluding tert-OH is 8. The molecule has 14 heteroatoms. The summed E-state index contributed by atoms with van der Waals surface area (Å²) in [6.07, 6.45) is 64.5. The van der Waals surface area contributed by atoms with Crippen LogP contribution in [0.15, 0.2) is 158 Å². The zero-order valence-electron chi connectivity index (χ0n) is 51.1. The second-order valence-electron chi connectivity index (χ2n) is 21.4. The average Bonchev–Trinajstić information content (AvgIpc) is 3.59. The van der Waals surface area contributed by atoms with Crippen molar-refractivity contribution >= 4 is 5.91 Å². The summed E-state index contributed by atoms with van der Waals surface area (Å²) >= 11 is 0. The van der Waals surface area contributed by atoms with Gasteiger partial charge in [0.15, 0.2) is 12.6 Å². The number of nitrogens with one attached hydrogen (secondary N) is 1. The Hall–Kier alpha value is -4.39. The lowest BCUT2D eigenvalue weighted by Gasteiger charge is -2.46. The van der Waals surface area contributed by atoms with Gasteiger partial charge in [-0.1, -0.05) is 217 Å². The molecule has 2 aliphatic heterocycles. The van der Waals surface area contributed by atoms with E-state index in [4.69, 9.17) is 18.9 Å². The van der Waals surface area contributed by atoms with Crippen molar-refractivity contribution in [3.63, 3.8) is 0 Å². The van der Waals surface area contributed by atoms with Crippen LogP contribution >= 0.6 is 0 Å². The van der Waals surface area contributed by atoms with Crippen molar-refractivity contribution in [1.29, 1.82) is 0 Å². The topological polar surface area (TPSA) is 228 Å². The Balaban J connectivity index is 1.65. The van der Waals surface area contributed by atoms with Crippen molar-refractivity contribution in [3.05, 3.63) is 158 Å². The first kappa shape index (κ1) is 75.7. The molecule has 2 saturated heterocycles. The predicted molar refractivity (Wildman–Crippen MR) is 341 cm³/mol. The number of rotatable bonds is 48. The lowest BCUT2D eigenvalue weighted by atomic mass is 9.97. The first-order chi connectivity index (χ1) is 41.1. The standard InChI is InChI=1S/C70H111NO13/c1-3-5-7-9-11-13-15-16-17-18-19-20-21-22-23-24-25-26-27-28-29-30-31-32-33-34-35-36-37-38-39-40-41-42-44-46-48-50-52-54-62(75)71-58(59(74)53-51-49-47-45-43-14-12-10-8-6-4-2)57-81-69-67(80)65(78)68(61(56-73)83-69)84-70-66(79)64(77)63(76)60(55-72)82-70/h5,7,11,13,16-17,19-20,22-23,25-26,28-29,31-32,34-35,37-38,40-41,43,45,51,53,58-61,63-70,72-74,76-80H,3-4,6,8-10,12,14-15,18,21,24,27,30,33,36,39,42,44,46-50,52,54-57H2,1-2H3,(H,71,75)/b7-5-,13-11-,17-16-,20-19-,23-22-,26-25-,29-28-,32-31-,35-34-,38-37-,41-40-,45-43+,53-51+. The molecule has 2 rings (SSSR count). The molecule has 0 aliphatic carbocycles. The molecule has 0 bridgehead atoms. The first-order valence-electron chi connectivity index (χ1n) is 31.7. The second-order valence-corrected chi connectivity index (χ2v) is 21.4. The summed E-state index contributed by atoms with van der Waals surface area (Å²) in [5, 5.41) is 86.9. The smallest absolute Gasteiger partial charge is 0.220 e. The van der Waals surface area contributed by atoms with Crippen molar-refractivity contribution in [2.45, 2.75) is 254 Å². The van der Waals surface area contributed by atoms with Crippen LogP contribution in [0.4, 0.5) is 0 Å². The molecule has 2 aliphatic rings. The van der Waals surface area contributed by atoms with Gasteiger partial charge in [-0.3, -0.25) is 4.79 Å². The molecular formula is C70H111NO13. The normalized spacial score (nSPS) is 24.8. The number of aliphatic hydroxyl groups is 8. The van der Waals surface area contributed by atoms with E-state index < -0.39 is 86.8 Å². The van der Waals surface area contributed by atoms with Gasteiger partial charge in [0.05, 0.1) is 32.0 Å². The van der Waals surface area contributed by atoms with E-state index in [1.165, 1.54) is 25.7 Å². The number of allylic oxidation sites excluding steroid dienone is 25. The summed E-state index contributed by atoms with van der Waals surface area (Å²) in [5.74, 6) is -0.278. The first-order valence-corrected chi connectivity index (χ1v) is 31.7. The molecule has 14 nitrogen and oxygen atoms in total. The van der Waals surface area contributed by atoms with Crippen LogP contribution < -0.4 is 5.32 Å². The van der Waals surface area contributed by atoms with E-state index in [0.29, 0.717) is 12.8 Å². The van der Waals surface area contributed by atoms with Crippen molar-refractivity contribution < 1.29 is 64.6 Å². The number of amides is 1. The fraction of sp³-hybridized carbons (Fsp3) is 0.614. The Kier molecular flexibility index (Phi) is 47.7. The molecule has 474 valence electrons. The fourth-order valence-corrected chi connectivity index (χ4v) is 9.13. The largest absolute Gasteiger partial charge is 0.394 e. The minimum atomic E-state index is -1.80. The quantitative estimate of drug-likeness (QED) is 0.0204. The summed E-state index contributed by atoms with van der Waals surface area (Å²) in [5.41, 5.74) is 0. The predicted octanol–water partition coefficient (Wildman–Crippen LogP) is 11.9. The molecular weight excluding hydrogens is 1060 g/mol. The number of unbranched alkanes of at least 4 members (excludes halogenated alkanes) is 11. The zero-order chi connectivity index (χ0) is 60.9. The van der Waals surface area contributed by atoms with Gasteiger partial charge >= 0.3 is 0 Å². The molecule has 2 heterocycles. The van der Waals surface area contributed by atoms with Crippen LogP contribution in [-0.4, -0.2) is 140 Å². The maximum absolute atomic E-state index is 13.2. The van der Waals surface area contributed by atoms with Crippen molar-refractivity contribution in [1.82, 2.24) is 5.32 Å². The maximum atomic E-state index is 13.2. The molecule has 1 amide bonds. The molecule has 84 heavy (non-hydrogen) atoms. The summed E-state index contributed by atoms with van der Waals surface area (Å²) in [4.78, 5) is 13.2. The van der Waals surface area contributed by atoms with Crippen LogP contribution in [0.3, 0.4) is 0 Å². The third-order valence-electron chi connectivity index (χ3n) is 14.2. The fourth-order valence-electron chi connectivity index (χ4n) is 9.13. The van der Waals surface area contributed by atoms with Gasteiger partial charge in [0.25, 0.3) is 0 Å². The third kappa shape index (κ3) is 37.2. The molecule has 0 radical (unpaired) electrons. The number of hydrogen-bond donors (Lipinski definition) is 9. The average molecular weight is 1170 g/mol. The second kappa shape index (κ2) is 52.9. The van der Waals surface area contributed by atoms with Crippen LogP contribution in [-0.2, 0) is 23.7 Å². The Bertz CT molecular complexity index is 2010. The summed E-state index contributed by atoms with van der Waals surface area (Å²) in [6, 6.07) is -0.953. The van der Waals surface area contributed by atoms with E-state index in [9.17, 15) is 45.6 Å². The monoisotopic (exact) mass is 1170 g/mol. The van der Waals surface area contributed by atoms with E-state index in [0.717, 1.165) is 122 Å².